The van der Waals surface area contributed by atoms with E-state index in [1.54, 1.807) is 79.7 Å². The van der Waals surface area contributed by atoms with Crippen LogP contribution in [0.5, 0.6) is 11.5 Å². The molecule has 1 aromatic heterocycles. The maximum absolute atomic E-state index is 14.4. The lowest BCUT2D eigenvalue weighted by Crippen LogP contribution is -2.49. The quantitative estimate of drug-likeness (QED) is 0.280. The molecule has 7 rings (SSSR count). The Labute approximate surface area is 250 Å². The SMILES string of the molecule is COc1cc([C@H]2C3=CCn4c(=O)n(-c5ccccc5)c(=O)n4[C@@H]3C[C@H]3C(=O)N(c4ccccc4)C(=O)[C@@]23C)cc(Cl)c1O. The number of phenolic OH excluding ortho intramolecular Hbond substituents is 1. The number of rotatable bonds is 4. The first-order valence-corrected chi connectivity index (χ1v) is 14.3. The van der Waals surface area contributed by atoms with Crippen molar-refractivity contribution in [1.29, 1.82) is 0 Å². The molecule has 43 heavy (non-hydrogen) atoms. The minimum Gasteiger partial charge on any atom is -0.503 e. The number of hydrogen-bond acceptors (Lipinski definition) is 6. The highest BCUT2D eigenvalue weighted by Gasteiger charge is 2.65. The van der Waals surface area contributed by atoms with Crippen LogP contribution in [0.2, 0.25) is 5.02 Å². The molecule has 3 aliphatic rings. The van der Waals surface area contributed by atoms with E-state index in [9.17, 15) is 24.3 Å². The van der Waals surface area contributed by atoms with Crippen LogP contribution in [0.3, 0.4) is 0 Å². The molecule has 0 unspecified atom stereocenters. The number of anilines is 1. The summed E-state index contributed by atoms with van der Waals surface area (Å²) in [4.78, 5) is 57.4. The average Bonchev–Trinajstić information content (AvgIpc) is 3.38. The number of benzene rings is 3. The van der Waals surface area contributed by atoms with Crippen LogP contribution in [0.25, 0.3) is 5.69 Å². The van der Waals surface area contributed by atoms with Gasteiger partial charge in [0.25, 0.3) is 0 Å². The Kier molecular flexibility index (Phi) is 6.04. The van der Waals surface area contributed by atoms with Gasteiger partial charge in [-0.05, 0) is 60.9 Å². The smallest absolute Gasteiger partial charge is 0.352 e. The summed E-state index contributed by atoms with van der Waals surface area (Å²) >= 11 is 6.45. The lowest BCUT2D eigenvalue weighted by atomic mass is 9.56. The number of ether oxygens (including phenoxy) is 1. The number of imide groups is 1. The van der Waals surface area contributed by atoms with E-state index in [0.717, 1.165) is 4.57 Å². The number of carbonyl (C=O) groups is 2. The summed E-state index contributed by atoms with van der Waals surface area (Å²) in [6, 6.07) is 19.9. The maximum Gasteiger partial charge on any atom is 0.352 e. The van der Waals surface area contributed by atoms with Gasteiger partial charge in [0.1, 0.15) is 0 Å². The highest BCUT2D eigenvalue weighted by atomic mass is 35.5. The Balaban J connectivity index is 1.46. The zero-order chi connectivity index (χ0) is 30.2. The fraction of sp³-hybridized carbons (Fsp3) is 0.250. The molecule has 2 aliphatic heterocycles. The summed E-state index contributed by atoms with van der Waals surface area (Å²) < 4.78 is 9.32. The van der Waals surface area contributed by atoms with Gasteiger partial charge in [0, 0.05) is 5.92 Å². The van der Waals surface area contributed by atoms with Gasteiger partial charge in [-0.3, -0.25) is 9.59 Å². The fourth-order valence-corrected chi connectivity index (χ4v) is 7.41. The molecule has 11 heteroatoms. The maximum atomic E-state index is 14.4. The minimum absolute atomic E-state index is 0.0222. The number of phenols is 1. The molecule has 4 atom stereocenters. The van der Waals surface area contributed by atoms with Crippen molar-refractivity contribution < 1.29 is 19.4 Å². The van der Waals surface area contributed by atoms with Crippen molar-refractivity contribution in [2.45, 2.75) is 31.8 Å². The van der Waals surface area contributed by atoms with Crippen molar-refractivity contribution in [2.75, 3.05) is 12.0 Å². The largest absolute Gasteiger partial charge is 0.503 e. The van der Waals surface area contributed by atoms with Gasteiger partial charge in [0.2, 0.25) is 11.8 Å². The number of amides is 2. The normalized spacial score (nSPS) is 24.3. The summed E-state index contributed by atoms with van der Waals surface area (Å²) in [7, 11) is 1.40. The van der Waals surface area contributed by atoms with Crippen LogP contribution in [0.4, 0.5) is 5.69 Å². The van der Waals surface area contributed by atoms with Crippen LogP contribution < -0.4 is 21.0 Å². The molecule has 0 bridgehead atoms. The van der Waals surface area contributed by atoms with Crippen LogP contribution in [0.15, 0.2) is 94.0 Å². The zero-order valence-electron chi connectivity index (χ0n) is 23.3. The van der Waals surface area contributed by atoms with Gasteiger partial charge < -0.3 is 9.84 Å². The minimum atomic E-state index is -1.27. The van der Waals surface area contributed by atoms with Gasteiger partial charge in [0.15, 0.2) is 11.5 Å². The second-order valence-corrected chi connectivity index (χ2v) is 11.7. The third-order valence-electron chi connectivity index (χ3n) is 9.17. The molecule has 1 saturated heterocycles. The van der Waals surface area contributed by atoms with E-state index < -0.39 is 34.7 Å². The zero-order valence-corrected chi connectivity index (χ0v) is 24.1. The lowest BCUT2D eigenvalue weighted by Gasteiger charge is -2.47. The molecule has 3 heterocycles. The summed E-state index contributed by atoms with van der Waals surface area (Å²) in [5.41, 5.74) is -0.152. The van der Waals surface area contributed by atoms with Crippen LogP contribution in [-0.4, -0.2) is 38.0 Å². The Morgan fingerprint density at radius 1 is 0.930 bits per heavy atom. The van der Waals surface area contributed by atoms with Crippen LogP contribution in [-0.2, 0) is 16.1 Å². The summed E-state index contributed by atoms with van der Waals surface area (Å²) in [5, 5.41) is 10.5. The van der Waals surface area contributed by atoms with Crippen molar-refractivity contribution in [3.05, 3.63) is 116 Å². The van der Waals surface area contributed by atoms with Gasteiger partial charge in [-0.2, -0.15) is 0 Å². The molecule has 1 N–H and O–H groups in total. The average molecular weight is 599 g/mol. The first kappa shape index (κ1) is 27.0. The number of hydrogen-bond donors (Lipinski definition) is 1. The number of aromatic nitrogens is 3. The van der Waals surface area contributed by atoms with E-state index in [1.807, 2.05) is 6.08 Å². The van der Waals surface area contributed by atoms with Crippen molar-refractivity contribution in [2.24, 2.45) is 11.3 Å². The van der Waals surface area contributed by atoms with Crippen LogP contribution >= 0.6 is 11.6 Å². The van der Waals surface area contributed by atoms with Crippen molar-refractivity contribution in [1.82, 2.24) is 13.9 Å². The van der Waals surface area contributed by atoms with Gasteiger partial charge in [-0.25, -0.2) is 28.4 Å². The number of halogens is 1. The monoisotopic (exact) mass is 598 g/mol. The molecule has 0 radical (unpaired) electrons. The predicted molar refractivity (Wildman–Crippen MR) is 159 cm³/mol. The molecule has 218 valence electrons. The van der Waals surface area contributed by atoms with Crippen LogP contribution in [0.1, 0.15) is 30.9 Å². The van der Waals surface area contributed by atoms with E-state index in [0.29, 0.717) is 22.5 Å². The Morgan fingerprint density at radius 3 is 2.23 bits per heavy atom. The highest BCUT2D eigenvalue weighted by Crippen LogP contribution is 2.61. The molecule has 1 saturated carbocycles. The molecule has 10 nitrogen and oxygen atoms in total. The third kappa shape index (κ3) is 3.65. The van der Waals surface area contributed by atoms with Crippen molar-refractivity contribution in [3.63, 3.8) is 0 Å². The van der Waals surface area contributed by atoms with Gasteiger partial charge >= 0.3 is 11.4 Å². The van der Waals surface area contributed by atoms with Gasteiger partial charge in [0.05, 0.1) is 47.4 Å². The molecule has 4 aromatic rings. The van der Waals surface area contributed by atoms with E-state index in [4.69, 9.17) is 16.3 Å². The van der Waals surface area contributed by atoms with Crippen molar-refractivity contribution in [3.8, 4) is 17.2 Å². The molecular formula is C32H27ClN4O6. The summed E-state index contributed by atoms with van der Waals surface area (Å²) in [6.45, 7) is 1.86. The number of fused-ring (bicyclic) bond motifs is 4. The number of aromatic hydroxyl groups is 1. The second kappa shape index (κ2) is 9.60. The Morgan fingerprint density at radius 2 is 1.58 bits per heavy atom. The molecule has 3 aromatic carbocycles. The predicted octanol–water partition coefficient (Wildman–Crippen LogP) is 4.03. The highest BCUT2D eigenvalue weighted by molar-refractivity contribution is 6.32. The lowest BCUT2D eigenvalue weighted by molar-refractivity contribution is -0.129. The number of nitrogens with zero attached hydrogens (tertiary/aromatic N) is 4. The molecular weight excluding hydrogens is 572 g/mol. The van der Waals surface area contributed by atoms with E-state index in [2.05, 4.69) is 0 Å². The number of methoxy groups -OCH3 is 1. The standard InChI is InChI=1S/C32H27ClN4O6/c1-32-22(28(39)35(29(32)40)19-9-5-3-6-10-19)17-24-21(26(32)18-15-23(33)27(38)25(16-18)43-2)13-14-34-30(41)36(31(42)37(24)34)20-11-7-4-8-12-20/h3-13,15-16,22,24,26,38H,14,17H2,1-2H3/t22-,24+,26-,32+/m0/s1. The molecule has 2 fully saturated rings. The van der Waals surface area contributed by atoms with E-state index in [-0.39, 0.29) is 41.3 Å². The van der Waals surface area contributed by atoms with Gasteiger partial charge in [-0.1, -0.05) is 54.1 Å². The van der Waals surface area contributed by atoms with E-state index >= 15 is 0 Å². The Bertz CT molecular complexity index is 1960. The molecule has 2 amide bonds. The first-order chi connectivity index (χ1) is 20.7. The summed E-state index contributed by atoms with van der Waals surface area (Å²) in [5.74, 6) is -2.46. The summed E-state index contributed by atoms with van der Waals surface area (Å²) in [6.07, 6.45) is 2.00. The van der Waals surface area contributed by atoms with E-state index in [1.165, 1.54) is 21.4 Å². The Hall–Kier alpha value is -4.83. The number of para-hydroxylation sites is 2. The number of allylic oxidation sites excluding steroid dienone is 2. The topological polar surface area (TPSA) is 116 Å². The first-order valence-electron chi connectivity index (χ1n) is 13.9. The number of carbonyl (C=O) groups excluding carboxylic acids is 2. The van der Waals surface area contributed by atoms with Crippen molar-refractivity contribution >= 4 is 29.1 Å². The van der Waals surface area contributed by atoms with Crippen LogP contribution in [0, 0.1) is 11.3 Å². The fourth-order valence-electron chi connectivity index (χ4n) is 7.19. The third-order valence-corrected chi connectivity index (χ3v) is 9.46. The molecule has 1 aliphatic carbocycles. The molecule has 0 spiro atoms. The second-order valence-electron chi connectivity index (χ2n) is 11.3. The van der Waals surface area contributed by atoms with Gasteiger partial charge in [-0.15, -0.1) is 0 Å².